The zero-order valence-electron chi connectivity index (χ0n) is 10.1. The van der Waals surface area contributed by atoms with Crippen LogP contribution in [0.2, 0.25) is 0 Å². The summed E-state index contributed by atoms with van der Waals surface area (Å²) >= 11 is 0. The predicted molar refractivity (Wildman–Crippen MR) is 61.4 cm³/mol. The van der Waals surface area contributed by atoms with Gasteiger partial charge < -0.3 is 10.4 Å². The minimum atomic E-state index is -1.45. The summed E-state index contributed by atoms with van der Waals surface area (Å²) in [6, 6.07) is 1.94. The average molecular weight is 259 g/mol. The van der Waals surface area contributed by atoms with Crippen LogP contribution >= 0.6 is 0 Å². The molecule has 2 rings (SSSR count). The summed E-state index contributed by atoms with van der Waals surface area (Å²) in [6.07, 6.45) is 2.08. The van der Waals surface area contributed by atoms with Crippen LogP contribution in [0.5, 0.6) is 0 Å². The van der Waals surface area contributed by atoms with Crippen molar-refractivity contribution in [1.82, 2.24) is 5.32 Å². The summed E-state index contributed by atoms with van der Waals surface area (Å²) in [7, 11) is 0. The topological polar surface area (TPSA) is 32.3 Å². The molecule has 100 valence electrons. The molecule has 0 amide bonds. The quantitative estimate of drug-likeness (QED) is 0.796. The van der Waals surface area contributed by atoms with Crippen LogP contribution in [0.15, 0.2) is 12.1 Å². The Balaban J connectivity index is 2.06. The van der Waals surface area contributed by atoms with Gasteiger partial charge in [0.15, 0.2) is 17.5 Å². The van der Waals surface area contributed by atoms with Gasteiger partial charge in [-0.3, -0.25) is 0 Å². The molecule has 0 bridgehead atoms. The zero-order chi connectivity index (χ0) is 13.3. The third kappa shape index (κ3) is 2.67. The molecule has 1 atom stereocenters. The van der Waals surface area contributed by atoms with Crippen LogP contribution < -0.4 is 5.32 Å². The van der Waals surface area contributed by atoms with Crippen LogP contribution in [0, 0.1) is 23.4 Å². The van der Waals surface area contributed by atoms with Gasteiger partial charge in [0.25, 0.3) is 0 Å². The maximum Gasteiger partial charge on any atom is 0.194 e. The Morgan fingerprint density at radius 3 is 2.28 bits per heavy atom. The lowest BCUT2D eigenvalue weighted by atomic mass is 9.96. The second kappa shape index (κ2) is 4.90. The average Bonchev–Trinajstić information content (AvgIpc) is 3.17. The van der Waals surface area contributed by atoms with Crippen molar-refractivity contribution in [1.29, 1.82) is 0 Å². The number of nitrogens with one attached hydrogen (secondary N) is 1. The first kappa shape index (κ1) is 13.4. The predicted octanol–water partition coefficient (Wildman–Crippen LogP) is 2.35. The van der Waals surface area contributed by atoms with E-state index in [1.807, 2.05) is 6.92 Å². The van der Waals surface area contributed by atoms with Gasteiger partial charge in [0, 0.05) is 12.1 Å². The molecule has 1 aliphatic rings. The first-order valence-electron chi connectivity index (χ1n) is 5.95. The summed E-state index contributed by atoms with van der Waals surface area (Å²) < 4.78 is 38.8. The van der Waals surface area contributed by atoms with Gasteiger partial charge in [-0.25, -0.2) is 13.2 Å². The van der Waals surface area contributed by atoms with Gasteiger partial charge in [-0.15, -0.1) is 0 Å². The molecule has 5 heteroatoms. The van der Waals surface area contributed by atoms with E-state index in [0.717, 1.165) is 25.0 Å². The van der Waals surface area contributed by atoms with Gasteiger partial charge in [0.1, 0.15) is 0 Å². The van der Waals surface area contributed by atoms with Crippen molar-refractivity contribution >= 4 is 0 Å². The monoisotopic (exact) mass is 259 g/mol. The number of benzene rings is 1. The molecule has 0 spiro atoms. The SMILES string of the molecule is CC(CO)(NCc1cc(F)c(F)c(F)c1)C1CC1. The lowest BCUT2D eigenvalue weighted by molar-refractivity contribution is 0.153. The van der Waals surface area contributed by atoms with E-state index in [-0.39, 0.29) is 13.2 Å². The second-order valence-corrected chi connectivity index (χ2v) is 5.08. The van der Waals surface area contributed by atoms with E-state index in [0.29, 0.717) is 11.5 Å². The molecular weight excluding hydrogens is 243 g/mol. The molecule has 18 heavy (non-hydrogen) atoms. The first-order chi connectivity index (χ1) is 8.46. The van der Waals surface area contributed by atoms with Crippen LogP contribution in [0.25, 0.3) is 0 Å². The summed E-state index contributed by atoms with van der Waals surface area (Å²) in [5.41, 5.74) is -0.117. The molecule has 0 heterocycles. The van der Waals surface area contributed by atoms with Crippen molar-refractivity contribution in [3.8, 4) is 0 Å². The summed E-state index contributed by atoms with van der Waals surface area (Å²) in [6.45, 7) is 2.03. The lowest BCUT2D eigenvalue weighted by Crippen LogP contribution is -2.47. The highest BCUT2D eigenvalue weighted by molar-refractivity contribution is 5.19. The molecule has 1 aromatic rings. The summed E-state index contributed by atoms with van der Waals surface area (Å²) in [4.78, 5) is 0. The Bertz CT molecular complexity index is 425. The van der Waals surface area contributed by atoms with Crippen LogP contribution in [0.4, 0.5) is 13.2 Å². The maximum absolute atomic E-state index is 13.0. The smallest absolute Gasteiger partial charge is 0.194 e. The highest BCUT2D eigenvalue weighted by Gasteiger charge is 2.40. The van der Waals surface area contributed by atoms with Crippen molar-refractivity contribution < 1.29 is 18.3 Å². The molecule has 2 N–H and O–H groups in total. The van der Waals surface area contributed by atoms with Gasteiger partial charge >= 0.3 is 0 Å². The second-order valence-electron chi connectivity index (χ2n) is 5.08. The minimum Gasteiger partial charge on any atom is -0.394 e. The normalized spacial score (nSPS) is 18.7. The van der Waals surface area contributed by atoms with Gasteiger partial charge in [0.2, 0.25) is 0 Å². The van der Waals surface area contributed by atoms with Gasteiger partial charge in [-0.05, 0) is 43.4 Å². The maximum atomic E-state index is 13.0. The fourth-order valence-corrected chi connectivity index (χ4v) is 2.06. The summed E-state index contributed by atoms with van der Waals surface area (Å²) in [5, 5.41) is 12.4. The first-order valence-corrected chi connectivity index (χ1v) is 5.95. The number of aliphatic hydroxyl groups is 1. The molecule has 0 aromatic heterocycles. The van der Waals surface area contributed by atoms with Crippen molar-refractivity contribution in [3.63, 3.8) is 0 Å². The van der Waals surface area contributed by atoms with Gasteiger partial charge in [0.05, 0.1) is 6.61 Å². The third-order valence-electron chi connectivity index (χ3n) is 3.55. The van der Waals surface area contributed by atoms with Crippen molar-refractivity contribution in [2.75, 3.05) is 6.61 Å². The molecule has 1 saturated carbocycles. The number of hydrogen-bond acceptors (Lipinski definition) is 2. The Morgan fingerprint density at radius 1 is 1.28 bits per heavy atom. The molecule has 1 fully saturated rings. The van der Waals surface area contributed by atoms with E-state index in [1.165, 1.54) is 0 Å². The number of rotatable bonds is 5. The van der Waals surface area contributed by atoms with Crippen LogP contribution in [0.3, 0.4) is 0 Å². The van der Waals surface area contributed by atoms with Crippen molar-refractivity contribution in [2.24, 2.45) is 5.92 Å². The van der Waals surface area contributed by atoms with E-state index >= 15 is 0 Å². The summed E-state index contributed by atoms with van der Waals surface area (Å²) in [5.74, 6) is -3.45. The lowest BCUT2D eigenvalue weighted by Gasteiger charge is -2.29. The minimum absolute atomic E-state index is 0.0379. The molecule has 0 saturated heterocycles. The Kier molecular flexibility index (Phi) is 3.64. The standard InChI is InChI=1S/C13H16F3NO/c1-13(7-18,9-2-3-9)17-6-8-4-10(14)12(16)11(15)5-8/h4-5,9,17-18H,2-3,6-7H2,1H3. The molecule has 0 radical (unpaired) electrons. The van der Waals surface area contributed by atoms with E-state index in [9.17, 15) is 18.3 Å². The fourth-order valence-electron chi connectivity index (χ4n) is 2.06. The van der Waals surface area contributed by atoms with E-state index in [4.69, 9.17) is 0 Å². The largest absolute Gasteiger partial charge is 0.394 e. The molecule has 1 unspecified atom stereocenters. The van der Waals surface area contributed by atoms with E-state index in [2.05, 4.69) is 5.32 Å². The highest BCUT2D eigenvalue weighted by atomic mass is 19.2. The molecule has 1 aromatic carbocycles. The molecular formula is C13H16F3NO. The van der Waals surface area contributed by atoms with E-state index < -0.39 is 23.0 Å². The fraction of sp³-hybridized carbons (Fsp3) is 0.538. The van der Waals surface area contributed by atoms with Crippen molar-refractivity contribution in [2.45, 2.75) is 31.8 Å². The van der Waals surface area contributed by atoms with Crippen LogP contribution in [-0.2, 0) is 6.54 Å². The Hall–Kier alpha value is -1.07. The molecule has 0 aliphatic heterocycles. The van der Waals surface area contributed by atoms with Gasteiger partial charge in [-0.1, -0.05) is 0 Å². The highest BCUT2D eigenvalue weighted by Crippen LogP contribution is 2.39. The molecule has 1 aliphatic carbocycles. The van der Waals surface area contributed by atoms with Crippen molar-refractivity contribution in [3.05, 3.63) is 35.1 Å². The van der Waals surface area contributed by atoms with E-state index in [1.54, 1.807) is 0 Å². The van der Waals surface area contributed by atoms with Gasteiger partial charge in [-0.2, -0.15) is 0 Å². The molecule has 2 nitrogen and oxygen atoms in total. The Labute approximate surface area is 104 Å². The number of halogens is 3. The van der Waals surface area contributed by atoms with Crippen LogP contribution in [0.1, 0.15) is 25.3 Å². The number of aliphatic hydroxyl groups excluding tert-OH is 1. The van der Waals surface area contributed by atoms with Crippen LogP contribution in [-0.4, -0.2) is 17.3 Å². The zero-order valence-corrected chi connectivity index (χ0v) is 10.1. The third-order valence-corrected chi connectivity index (χ3v) is 3.55. The Morgan fingerprint density at radius 2 is 1.83 bits per heavy atom. The number of hydrogen-bond donors (Lipinski definition) is 2.